The number of nitrogen functional groups attached to an aromatic ring is 1. The van der Waals surface area contributed by atoms with Gasteiger partial charge in [-0.2, -0.15) is 0 Å². The van der Waals surface area contributed by atoms with Gasteiger partial charge in [-0.15, -0.1) is 0 Å². The molecule has 1 aromatic heterocycles. The zero-order valence-electron chi connectivity index (χ0n) is 12.5. The molecule has 8 heteroatoms. The molecule has 7 nitrogen and oxygen atoms in total. The smallest absolute Gasteiger partial charge is 0.264 e. The maximum atomic E-state index is 12.2. The summed E-state index contributed by atoms with van der Waals surface area (Å²) in [4.78, 5) is 7.98. The molecule has 0 spiro atoms. The average molecular weight is 342 g/mol. The summed E-state index contributed by atoms with van der Waals surface area (Å²) in [5.74, 6) is 0.986. The molecule has 0 bridgehead atoms. The minimum absolute atomic E-state index is 0.0489. The Balaban J connectivity index is 1.73. The van der Waals surface area contributed by atoms with Gasteiger partial charge in [0.25, 0.3) is 10.0 Å². The van der Waals surface area contributed by atoms with Crippen LogP contribution in [-0.2, 0) is 10.0 Å². The fourth-order valence-electron chi connectivity index (χ4n) is 1.87. The van der Waals surface area contributed by atoms with Crippen LogP contribution in [-0.4, -0.2) is 18.4 Å². The van der Waals surface area contributed by atoms with Crippen LogP contribution in [0.5, 0.6) is 11.5 Å². The highest BCUT2D eigenvalue weighted by Gasteiger charge is 2.15. The summed E-state index contributed by atoms with van der Waals surface area (Å²) in [6, 6.07) is 15.0. The van der Waals surface area contributed by atoms with E-state index in [1.807, 2.05) is 18.2 Å². The molecule has 0 radical (unpaired) electrons. The van der Waals surface area contributed by atoms with Crippen LogP contribution < -0.4 is 15.2 Å². The lowest BCUT2D eigenvalue weighted by molar-refractivity contribution is 0.478. The Hall–Kier alpha value is -3.13. The second-order valence-electron chi connectivity index (χ2n) is 4.83. The standard InChI is InChI=1S/C16H14N4O3S/c17-12-6-8-15(9-7-12)24(21,22)20-16-18-10-14(11-19-16)23-13-4-2-1-3-5-13/h1-11H,17H2,(H,18,19,20). The zero-order valence-corrected chi connectivity index (χ0v) is 13.3. The van der Waals surface area contributed by atoms with Crippen molar-refractivity contribution in [2.24, 2.45) is 0 Å². The Bertz CT molecular complexity index is 912. The van der Waals surface area contributed by atoms with Crippen LogP contribution in [0.3, 0.4) is 0 Å². The normalized spacial score (nSPS) is 11.0. The lowest BCUT2D eigenvalue weighted by Gasteiger charge is -2.08. The van der Waals surface area contributed by atoms with Crippen LogP contribution in [0, 0.1) is 0 Å². The van der Waals surface area contributed by atoms with Gasteiger partial charge >= 0.3 is 0 Å². The highest BCUT2D eigenvalue weighted by atomic mass is 32.2. The van der Waals surface area contributed by atoms with Gasteiger partial charge in [0.2, 0.25) is 5.95 Å². The van der Waals surface area contributed by atoms with Gasteiger partial charge in [0.05, 0.1) is 17.3 Å². The van der Waals surface area contributed by atoms with Crippen molar-refractivity contribution >= 4 is 21.7 Å². The molecule has 3 aromatic rings. The number of hydrogen-bond acceptors (Lipinski definition) is 6. The maximum absolute atomic E-state index is 12.2. The van der Waals surface area contributed by atoms with Crippen LogP contribution in [0.2, 0.25) is 0 Å². The first-order valence-electron chi connectivity index (χ1n) is 6.96. The Morgan fingerprint density at radius 1 is 0.875 bits per heavy atom. The van der Waals surface area contributed by atoms with Gasteiger partial charge in [-0.3, -0.25) is 0 Å². The number of ether oxygens (including phenoxy) is 1. The molecule has 122 valence electrons. The Labute approximate surface area is 139 Å². The van der Waals surface area contributed by atoms with Crippen LogP contribution in [0.15, 0.2) is 71.9 Å². The Morgan fingerprint density at radius 3 is 2.12 bits per heavy atom. The summed E-state index contributed by atoms with van der Waals surface area (Å²) < 4.78 is 32.3. The highest BCUT2D eigenvalue weighted by molar-refractivity contribution is 7.92. The topological polar surface area (TPSA) is 107 Å². The molecule has 3 N–H and O–H groups in total. The molecule has 1 heterocycles. The van der Waals surface area contributed by atoms with E-state index in [0.717, 1.165) is 0 Å². The molecule has 0 unspecified atom stereocenters. The number of hydrogen-bond donors (Lipinski definition) is 2. The molecule has 0 saturated carbocycles. The van der Waals surface area contributed by atoms with E-state index in [0.29, 0.717) is 17.2 Å². The molecular weight excluding hydrogens is 328 g/mol. The predicted molar refractivity (Wildman–Crippen MR) is 90.2 cm³/mol. The summed E-state index contributed by atoms with van der Waals surface area (Å²) in [6.07, 6.45) is 2.78. The molecule has 0 fully saturated rings. The number of aromatic nitrogens is 2. The van der Waals surface area contributed by atoms with Crippen molar-refractivity contribution in [2.45, 2.75) is 4.90 Å². The number of benzene rings is 2. The number of para-hydroxylation sites is 1. The molecule has 0 atom stereocenters. The van der Waals surface area contributed by atoms with E-state index >= 15 is 0 Å². The van der Waals surface area contributed by atoms with Crippen LogP contribution in [0.25, 0.3) is 0 Å². The van der Waals surface area contributed by atoms with Crippen molar-refractivity contribution in [2.75, 3.05) is 10.5 Å². The molecule has 0 saturated heterocycles. The quantitative estimate of drug-likeness (QED) is 0.690. The van der Waals surface area contributed by atoms with E-state index in [9.17, 15) is 8.42 Å². The van der Waals surface area contributed by atoms with Crippen LogP contribution in [0.4, 0.5) is 11.6 Å². The van der Waals surface area contributed by atoms with E-state index in [2.05, 4.69) is 14.7 Å². The minimum atomic E-state index is -3.77. The van der Waals surface area contributed by atoms with Crippen molar-refractivity contribution < 1.29 is 13.2 Å². The molecule has 24 heavy (non-hydrogen) atoms. The first-order chi connectivity index (χ1) is 11.5. The van der Waals surface area contributed by atoms with E-state index in [-0.39, 0.29) is 10.8 Å². The number of nitrogens with two attached hydrogens (primary N) is 1. The van der Waals surface area contributed by atoms with Crippen LogP contribution >= 0.6 is 0 Å². The zero-order chi connectivity index (χ0) is 17.0. The maximum Gasteiger partial charge on any atom is 0.264 e. The number of sulfonamides is 1. The van der Waals surface area contributed by atoms with Gasteiger partial charge in [-0.25, -0.2) is 23.1 Å². The number of rotatable bonds is 5. The van der Waals surface area contributed by atoms with Gasteiger partial charge in [0.15, 0.2) is 5.75 Å². The lowest BCUT2D eigenvalue weighted by Crippen LogP contribution is -2.14. The van der Waals surface area contributed by atoms with Crippen molar-refractivity contribution in [3.05, 3.63) is 67.0 Å². The van der Waals surface area contributed by atoms with Gasteiger partial charge in [0.1, 0.15) is 5.75 Å². The van der Waals surface area contributed by atoms with Crippen molar-refractivity contribution in [3.8, 4) is 11.5 Å². The largest absolute Gasteiger partial charge is 0.454 e. The fourth-order valence-corrected chi connectivity index (χ4v) is 2.83. The molecule has 0 aliphatic heterocycles. The molecule has 0 amide bonds. The first kappa shape index (κ1) is 15.8. The minimum Gasteiger partial charge on any atom is -0.454 e. The predicted octanol–water partition coefficient (Wildman–Crippen LogP) is 2.65. The Kier molecular flexibility index (Phi) is 4.30. The first-order valence-corrected chi connectivity index (χ1v) is 8.44. The number of nitrogens with one attached hydrogen (secondary N) is 1. The van der Waals surface area contributed by atoms with E-state index < -0.39 is 10.0 Å². The second-order valence-corrected chi connectivity index (χ2v) is 6.51. The third-order valence-corrected chi connectivity index (χ3v) is 4.37. The third kappa shape index (κ3) is 3.79. The molecular formula is C16H14N4O3S. The van der Waals surface area contributed by atoms with E-state index in [1.165, 1.54) is 36.7 Å². The van der Waals surface area contributed by atoms with Gasteiger partial charge in [-0.05, 0) is 36.4 Å². The number of anilines is 2. The average Bonchev–Trinajstić information content (AvgIpc) is 2.58. The number of nitrogens with zero attached hydrogens (tertiary/aromatic N) is 2. The van der Waals surface area contributed by atoms with Crippen molar-refractivity contribution in [3.63, 3.8) is 0 Å². The second kappa shape index (κ2) is 6.55. The summed E-state index contributed by atoms with van der Waals surface area (Å²) in [5.41, 5.74) is 6.03. The SMILES string of the molecule is Nc1ccc(S(=O)(=O)Nc2ncc(Oc3ccccc3)cn2)cc1. The molecule has 3 rings (SSSR count). The monoisotopic (exact) mass is 342 g/mol. The fraction of sp³-hybridized carbons (Fsp3) is 0. The summed E-state index contributed by atoms with van der Waals surface area (Å²) in [5, 5.41) is 0. The van der Waals surface area contributed by atoms with Crippen molar-refractivity contribution in [1.82, 2.24) is 9.97 Å². The molecule has 0 aliphatic carbocycles. The van der Waals surface area contributed by atoms with Gasteiger partial charge in [0, 0.05) is 5.69 Å². The molecule has 0 aliphatic rings. The molecule has 2 aromatic carbocycles. The van der Waals surface area contributed by atoms with Crippen molar-refractivity contribution in [1.29, 1.82) is 0 Å². The lowest BCUT2D eigenvalue weighted by atomic mass is 10.3. The summed E-state index contributed by atoms with van der Waals surface area (Å²) in [6.45, 7) is 0. The van der Waals surface area contributed by atoms with E-state index in [1.54, 1.807) is 12.1 Å². The van der Waals surface area contributed by atoms with E-state index in [4.69, 9.17) is 10.5 Å². The van der Waals surface area contributed by atoms with Crippen LogP contribution in [0.1, 0.15) is 0 Å². The Morgan fingerprint density at radius 2 is 1.50 bits per heavy atom. The summed E-state index contributed by atoms with van der Waals surface area (Å²) in [7, 11) is -3.77. The van der Waals surface area contributed by atoms with Gasteiger partial charge < -0.3 is 10.5 Å². The third-order valence-electron chi connectivity index (χ3n) is 3.02. The summed E-state index contributed by atoms with van der Waals surface area (Å²) >= 11 is 0. The highest BCUT2D eigenvalue weighted by Crippen LogP contribution is 2.20. The van der Waals surface area contributed by atoms with Gasteiger partial charge in [-0.1, -0.05) is 18.2 Å².